The van der Waals surface area contributed by atoms with E-state index in [9.17, 15) is 8.42 Å². The Morgan fingerprint density at radius 1 is 1.53 bits per heavy atom. The average Bonchev–Trinajstić information content (AvgIpc) is 2.50. The van der Waals surface area contributed by atoms with Gasteiger partial charge in [0, 0.05) is 6.04 Å². The zero-order chi connectivity index (χ0) is 11.6. The molecule has 0 amide bonds. The van der Waals surface area contributed by atoms with Crippen molar-refractivity contribution in [1.29, 1.82) is 0 Å². The van der Waals surface area contributed by atoms with Crippen LogP contribution in [0.4, 0.5) is 0 Å². The van der Waals surface area contributed by atoms with Crippen molar-refractivity contribution in [2.24, 2.45) is 11.7 Å². The summed E-state index contributed by atoms with van der Waals surface area (Å²) in [6, 6.07) is 0.0480. The standard InChI is InChI=1S/C9H18N2O2S2/c1-6-4-3-5-8(6)11-15(12,13)7(2)9(10)14/h6-8,11H,3-5H2,1-2H3,(H2,10,14). The summed E-state index contributed by atoms with van der Waals surface area (Å²) in [4.78, 5) is 0.0214. The van der Waals surface area contributed by atoms with Crippen molar-refractivity contribution in [3.05, 3.63) is 0 Å². The van der Waals surface area contributed by atoms with Gasteiger partial charge in [0.05, 0.1) is 4.99 Å². The maximum atomic E-state index is 11.8. The van der Waals surface area contributed by atoms with Gasteiger partial charge >= 0.3 is 0 Å². The van der Waals surface area contributed by atoms with E-state index in [-0.39, 0.29) is 11.0 Å². The van der Waals surface area contributed by atoms with Crippen LogP contribution in [0.2, 0.25) is 0 Å². The first kappa shape index (κ1) is 12.9. The second-order valence-electron chi connectivity index (χ2n) is 4.22. The molecule has 0 aromatic rings. The Labute approximate surface area is 96.7 Å². The fourth-order valence-corrected chi connectivity index (χ4v) is 3.45. The normalized spacial score (nSPS) is 28.9. The van der Waals surface area contributed by atoms with Crippen LogP contribution in [0.15, 0.2) is 0 Å². The number of hydrogen-bond donors (Lipinski definition) is 2. The summed E-state index contributed by atoms with van der Waals surface area (Å²) >= 11 is 4.70. The molecule has 0 aromatic carbocycles. The first-order chi connectivity index (χ1) is 6.84. The van der Waals surface area contributed by atoms with Gasteiger partial charge in [-0.05, 0) is 25.7 Å². The Morgan fingerprint density at radius 3 is 2.53 bits per heavy atom. The predicted octanol–water partition coefficient (Wildman–Crippen LogP) is 0.769. The molecule has 0 radical (unpaired) electrons. The van der Waals surface area contributed by atoms with E-state index in [1.54, 1.807) is 0 Å². The topological polar surface area (TPSA) is 72.2 Å². The van der Waals surface area contributed by atoms with Gasteiger partial charge in [0.1, 0.15) is 5.25 Å². The summed E-state index contributed by atoms with van der Waals surface area (Å²) in [6.45, 7) is 3.58. The van der Waals surface area contributed by atoms with Crippen molar-refractivity contribution in [3.63, 3.8) is 0 Å². The molecule has 1 aliphatic carbocycles. The molecule has 0 aliphatic heterocycles. The third-order valence-corrected chi connectivity index (χ3v) is 5.36. The molecule has 3 atom stereocenters. The Morgan fingerprint density at radius 2 is 2.13 bits per heavy atom. The largest absolute Gasteiger partial charge is 0.392 e. The second-order valence-corrected chi connectivity index (χ2v) is 6.73. The van der Waals surface area contributed by atoms with Crippen LogP contribution in [0, 0.1) is 5.92 Å². The van der Waals surface area contributed by atoms with Gasteiger partial charge in [-0.25, -0.2) is 13.1 Å². The first-order valence-corrected chi connectivity index (χ1v) is 7.10. The molecule has 3 N–H and O–H groups in total. The van der Waals surface area contributed by atoms with Gasteiger partial charge < -0.3 is 5.73 Å². The zero-order valence-electron chi connectivity index (χ0n) is 9.06. The summed E-state index contributed by atoms with van der Waals surface area (Å²) in [6.07, 6.45) is 3.06. The van der Waals surface area contributed by atoms with E-state index in [1.165, 1.54) is 6.92 Å². The van der Waals surface area contributed by atoms with Crippen LogP contribution in [0.5, 0.6) is 0 Å². The number of hydrogen-bond acceptors (Lipinski definition) is 3. The third-order valence-electron chi connectivity index (χ3n) is 3.04. The minimum atomic E-state index is -3.39. The van der Waals surface area contributed by atoms with E-state index < -0.39 is 15.3 Å². The average molecular weight is 250 g/mol. The molecule has 15 heavy (non-hydrogen) atoms. The summed E-state index contributed by atoms with van der Waals surface area (Å²) in [7, 11) is -3.39. The van der Waals surface area contributed by atoms with Gasteiger partial charge in [0.2, 0.25) is 10.0 Å². The van der Waals surface area contributed by atoms with Crippen molar-refractivity contribution in [2.75, 3.05) is 0 Å². The number of nitrogens with two attached hydrogens (primary N) is 1. The molecule has 1 saturated carbocycles. The van der Waals surface area contributed by atoms with Crippen LogP contribution in [0.25, 0.3) is 0 Å². The van der Waals surface area contributed by atoms with E-state index in [1.807, 2.05) is 0 Å². The molecule has 1 fully saturated rings. The van der Waals surface area contributed by atoms with Gasteiger partial charge in [-0.15, -0.1) is 0 Å². The maximum absolute atomic E-state index is 11.8. The monoisotopic (exact) mass is 250 g/mol. The molecule has 1 aliphatic rings. The highest BCUT2D eigenvalue weighted by Gasteiger charge is 2.31. The molecular formula is C9H18N2O2S2. The molecule has 0 spiro atoms. The van der Waals surface area contributed by atoms with Crippen LogP contribution < -0.4 is 10.5 Å². The molecular weight excluding hydrogens is 232 g/mol. The molecule has 1 rings (SSSR count). The zero-order valence-corrected chi connectivity index (χ0v) is 10.7. The van der Waals surface area contributed by atoms with Crippen LogP contribution in [-0.4, -0.2) is 24.7 Å². The van der Waals surface area contributed by atoms with E-state index >= 15 is 0 Å². The Kier molecular flexibility index (Phi) is 4.08. The lowest BCUT2D eigenvalue weighted by Crippen LogP contribution is -2.45. The molecule has 6 heteroatoms. The second kappa shape index (κ2) is 4.76. The molecule has 0 bridgehead atoms. The van der Waals surface area contributed by atoms with Gasteiger partial charge in [0.25, 0.3) is 0 Å². The van der Waals surface area contributed by atoms with Gasteiger partial charge in [0.15, 0.2) is 0 Å². The van der Waals surface area contributed by atoms with Gasteiger partial charge in [-0.2, -0.15) is 0 Å². The van der Waals surface area contributed by atoms with Crippen molar-refractivity contribution in [3.8, 4) is 0 Å². The Bertz CT molecular complexity index is 340. The van der Waals surface area contributed by atoms with Gasteiger partial charge in [-0.3, -0.25) is 0 Å². The lowest BCUT2D eigenvalue weighted by molar-refractivity contribution is 0.475. The van der Waals surface area contributed by atoms with Gasteiger partial charge in [-0.1, -0.05) is 25.6 Å². The quantitative estimate of drug-likeness (QED) is 0.723. The Balaban J connectivity index is 2.68. The molecule has 0 heterocycles. The lowest BCUT2D eigenvalue weighted by Gasteiger charge is -2.20. The molecule has 4 nitrogen and oxygen atoms in total. The lowest BCUT2D eigenvalue weighted by atomic mass is 10.1. The summed E-state index contributed by atoms with van der Waals surface area (Å²) in [5.41, 5.74) is 5.34. The van der Waals surface area contributed by atoms with Crippen LogP contribution >= 0.6 is 12.2 Å². The predicted molar refractivity (Wildman–Crippen MR) is 65.1 cm³/mol. The highest BCUT2D eigenvalue weighted by atomic mass is 32.2. The highest BCUT2D eigenvalue weighted by Crippen LogP contribution is 2.25. The van der Waals surface area contributed by atoms with Crippen molar-refractivity contribution < 1.29 is 8.42 Å². The Hall–Kier alpha value is -0.200. The van der Waals surface area contributed by atoms with Crippen LogP contribution in [-0.2, 0) is 10.0 Å². The third kappa shape index (κ3) is 3.12. The number of thiocarbonyl (C=S) groups is 1. The minimum absolute atomic E-state index is 0.0214. The molecule has 0 aromatic heterocycles. The number of sulfonamides is 1. The minimum Gasteiger partial charge on any atom is -0.392 e. The fraction of sp³-hybridized carbons (Fsp3) is 0.889. The van der Waals surface area contributed by atoms with Crippen molar-refractivity contribution in [1.82, 2.24) is 4.72 Å². The first-order valence-electron chi connectivity index (χ1n) is 5.15. The summed E-state index contributed by atoms with van der Waals surface area (Å²) in [5, 5.41) is -0.791. The van der Waals surface area contributed by atoms with Crippen LogP contribution in [0.1, 0.15) is 33.1 Å². The van der Waals surface area contributed by atoms with E-state index in [2.05, 4.69) is 11.6 Å². The fourth-order valence-electron chi connectivity index (χ4n) is 1.79. The number of nitrogens with one attached hydrogen (secondary N) is 1. The van der Waals surface area contributed by atoms with Crippen LogP contribution in [0.3, 0.4) is 0 Å². The molecule has 0 saturated heterocycles. The maximum Gasteiger partial charge on any atom is 0.220 e. The molecule has 3 unspecified atom stereocenters. The highest BCUT2D eigenvalue weighted by molar-refractivity contribution is 7.93. The number of rotatable bonds is 4. The SMILES string of the molecule is CC1CCCC1NS(=O)(=O)C(C)C(N)=S. The van der Waals surface area contributed by atoms with E-state index in [0.717, 1.165) is 19.3 Å². The van der Waals surface area contributed by atoms with E-state index in [4.69, 9.17) is 18.0 Å². The summed E-state index contributed by atoms with van der Waals surface area (Å²) in [5.74, 6) is 0.401. The smallest absolute Gasteiger partial charge is 0.220 e. The van der Waals surface area contributed by atoms with Crippen molar-refractivity contribution >= 4 is 27.2 Å². The molecule has 88 valence electrons. The van der Waals surface area contributed by atoms with E-state index in [0.29, 0.717) is 5.92 Å². The summed E-state index contributed by atoms with van der Waals surface area (Å²) < 4.78 is 26.3. The van der Waals surface area contributed by atoms with Crippen molar-refractivity contribution in [2.45, 2.75) is 44.4 Å².